The number of hydrogen-bond donors (Lipinski definition) is 1. The molecule has 16 heteroatoms. The minimum Gasteiger partial charge on any atom is -0.481 e. The number of aromatic nitrogens is 1. The average Bonchev–Trinajstić information content (AvgIpc) is 3.63. The van der Waals surface area contributed by atoms with Crippen molar-refractivity contribution in [3.05, 3.63) is 105 Å². The molecule has 0 spiro atoms. The summed E-state index contributed by atoms with van der Waals surface area (Å²) in [6.07, 6.45) is -16.5. The summed E-state index contributed by atoms with van der Waals surface area (Å²) >= 11 is 0. The average molecular weight is 739 g/mol. The number of halogens is 9. The summed E-state index contributed by atoms with van der Waals surface area (Å²) in [5.41, 5.74) is -2.32. The number of methoxy groups -OCH3 is 1. The van der Waals surface area contributed by atoms with Crippen LogP contribution in [0, 0.1) is 13.8 Å². The lowest BCUT2D eigenvalue weighted by Crippen LogP contribution is -2.31. The predicted octanol–water partition coefficient (Wildman–Crippen LogP) is 10.2. The molecule has 2 saturated heterocycles. The third-order valence-electron chi connectivity index (χ3n) is 9.30. The molecule has 6 rings (SSSR count). The zero-order valence-corrected chi connectivity index (χ0v) is 27.3. The number of fused-ring (bicyclic) bond motifs is 1. The number of aromatic carboxylic acids is 1. The van der Waals surface area contributed by atoms with Crippen LogP contribution in [-0.2, 0) is 23.3 Å². The number of carbonyl (C=O) groups is 2. The normalized spacial score (nSPS) is 19.1. The smallest absolute Gasteiger partial charge is 0.416 e. The first kappa shape index (κ1) is 36.5. The van der Waals surface area contributed by atoms with E-state index in [0.29, 0.717) is 34.4 Å². The molecular formula is C36H27F9N2O5. The van der Waals surface area contributed by atoms with Crippen LogP contribution in [0.5, 0.6) is 5.88 Å². The second kappa shape index (κ2) is 12.7. The van der Waals surface area contributed by atoms with Crippen LogP contribution >= 0.6 is 0 Å². The third-order valence-corrected chi connectivity index (χ3v) is 9.30. The van der Waals surface area contributed by atoms with Crippen molar-refractivity contribution in [2.45, 2.75) is 63.4 Å². The minimum absolute atomic E-state index is 0.0118. The summed E-state index contributed by atoms with van der Waals surface area (Å²) in [6.45, 7) is 3.36. The first-order valence-corrected chi connectivity index (χ1v) is 15.6. The van der Waals surface area contributed by atoms with Gasteiger partial charge in [-0.1, -0.05) is 6.07 Å². The third kappa shape index (κ3) is 6.61. The molecule has 1 aromatic heterocycles. The molecule has 0 saturated carbocycles. The molecule has 0 aliphatic carbocycles. The fraction of sp³-hybridized carbons (Fsp3) is 0.306. The Morgan fingerprint density at radius 2 is 1.42 bits per heavy atom. The number of nitrogens with zero attached hydrogens (tertiary/aromatic N) is 2. The number of alkyl halides is 9. The Bertz CT molecular complexity index is 2040. The van der Waals surface area contributed by atoms with Crippen molar-refractivity contribution in [1.29, 1.82) is 0 Å². The van der Waals surface area contributed by atoms with Crippen LogP contribution in [0.15, 0.2) is 60.8 Å². The van der Waals surface area contributed by atoms with E-state index in [9.17, 15) is 54.2 Å². The van der Waals surface area contributed by atoms with Gasteiger partial charge in [0.1, 0.15) is 6.10 Å². The van der Waals surface area contributed by atoms with E-state index in [-0.39, 0.29) is 47.0 Å². The van der Waals surface area contributed by atoms with Gasteiger partial charge in [0.15, 0.2) is 0 Å². The molecule has 2 fully saturated rings. The van der Waals surface area contributed by atoms with E-state index < -0.39 is 71.0 Å². The van der Waals surface area contributed by atoms with Gasteiger partial charge < -0.3 is 14.6 Å². The van der Waals surface area contributed by atoms with Gasteiger partial charge in [0.25, 0.3) is 0 Å². The SMILES string of the molecule is COc1ncc(-c2c(C)cc(C(=O)O)cc2C)cc1-c1ccc(C(F)(F)F)cc1[C@@H]1CCC2[C@@H](c3cc(C(F)(F)F)cc(C(F)(F)F)c3)OC(=O)N21. The van der Waals surface area contributed by atoms with E-state index >= 15 is 0 Å². The summed E-state index contributed by atoms with van der Waals surface area (Å²) < 4.78 is 135. The predicted molar refractivity (Wildman–Crippen MR) is 166 cm³/mol. The largest absolute Gasteiger partial charge is 0.481 e. The number of amides is 1. The van der Waals surface area contributed by atoms with E-state index in [4.69, 9.17) is 9.47 Å². The highest BCUT2D eigenvalue weighted by Gasteiger charge is 2.52. The van der Waals surface area contributed by atoms with Gasteiger partial charge in [-0.2, -0.15) is 39.5 Å². The number of hydrogen-bond acceptors (Lipinski definition) is 5. The van der Waals surface area contributed by atoms with Crippen molar-refractivity contribution in [1.82, 2.24) is 9.88 Å². The number of carbonyl (C=O) groups excluding carboxylic acids is 1. The van der Waals surface area contributed by atoms with Gasteiger partial charge in [0.05, 0.1) is 41.4 Å². The Morgan fingerprint density at radius 3 is 1.96 bits per heavy atom. The van der Waals surface area contributed by atoms with E-state index in [1.807, 2.05) is 0 Å². The van der Waals surface area contributed by atoms with Crippen LogP contribution in [0.2, 0.25) is 0 Å². The van der Waals surface area contributed by atoms with Crippen LogP contribution < -0.4 is 4.74 Å². The Balaban J connectivity index is 1.48. The van der Waals surface area contributed by atoms with Gasteiger partial charge in [0.2, 0.25) is 5.88 Å². The van der Waals surface area contributed by atoms with Crippen molar-refractivity contribution in [3.63, 3.8) is 0 Å². The number of carboxylic acids is 1. The molecule has 3 atom stereocenters. The number of pyridine rings is 1. The zero-order chi connectivity index (χ0) is 38.1. The van der Waals surface area contributed by atoms with Crippen molar-refractivity contribution in [2.24, 2.45) is 0 Å². The van der Waals surface area contributed by atoms with E-state index in [1.54, 1.807) is 19.9 Å². The summed E-state index contributed by atoms with van der Waals surface area (Å²) in [5.74, 6) is -1.16. The first-order valence-electron chi connectivity index (χ1n) is 15.6. The molecule has 3 aromatic carbocycles. The van der Waals surface area contributed by atoms with Crippen LogP contribution in [0.1, 0.15) is 74.3 Å². The van der Waals surface area contributed by atoms with E-state index in [0.717, 1.165) is 17.0 Å². The molecule has 3 heterocycles. The maximum atomic E-state index is 14.1. The maximum Gasteiger partial charge on any atom is 0.416 e. The Kier molecular flexibility index (Phi) is 8.94. The highest BCUT2D eigenvalue weighted by Crippen LogP contribution is 2.52. The zero-order valence-electron chi connectivity index (χ0n) is 27.3. The Hall–Kier alpha value is -5.28. The molecule has 1 amide bonds. The van der Waals surface area contributed by atoms with Gasteiger partial charge in [-0.15, -0.1) is 0 Å². The van der Waals surface area contributed by atoms with Gasteiger partial charge in [-0.3, -0.25) is 4.90 Å². The van der Waals surface area contributed by atoms with Crippen molar-refractivity contribution >= 4 is 12.1 Å². The summed E-state index contributed by atoms with van der Waals surface area (Å²) in [5, 5.41) is 9.49. The number of aryl methyl sites for hydroxylation is 2. The highest BCUT2D eigenvalue weighted by molar-refractivity contribution is 5.90. The lowest BCUT2D eigenvalue weighted by molar-refractivity contribution is -0.143. The maximum absolute atomic E-state index is 14.1. The molecule has 1 N–H and O–H groups in total. The molecule has 1 unspecified atom stereocenters. The van der Waals surface area contributed by atoms with Crippen molar-refractivity contribution < 1.29 is 63.7 Å². The fourth-order valence-electron chi connectivity index (χ4n) is 7.13. The van der Waals surface area contributed by atoms with Crippen LogP contribution in [0.25, 0.3) is 22.3 Å². The number of carboxylic acid groups (broad SMARTS) is 1. The highest BCUT2D eigenvalue weighted by atomic mass is 19.4. The topological polar surface area (TPSA) is 89.0 Å². The van der Waals surface area contributed by atoms with Crippen LogP contribution in [0.4, 0.5) is 44.3 Å². The molecule has 0 radical (unpaired) electrons. The molecule has 274 valence electrons. The lowest BCUT2D eigenvalue weighted by Gasteiger charge is -2.26. The number of ether oxygens (including phenoxy) is 2. The van der Waals surface area contributed by atoms with Crippen LogP contribution in [0.3, 0.4) is 0 Å². The van der Waals surface area contributed by atoms with Crippen molar-refractivity contribution in [3.8, 4) is 28.1 Å². The van der Waals surface area contributed by atoms with E-state index in [1.165, 1.54) is 31.5 Å². The number of benzene rings is 3. The van der Waals surface area contributed by atoms with Gasteiger partial charge >= 0.3 is 30.6 Å². The number of rotatable bonds is 6. The summed E-state index contributed by atoms with van der Waals surface area (Å²) in [4.78, 5) is 30.4. The molecule has 52 heavy (non-hydrogen) atoms. The Labute approximate surface area is 289 Å². The van der Waals surface area contributed by atoms with Gasteiger partial charge in [-0.25, -0.2) is 14.6 Å². The standard InChI is InChI=1S/C36H27F9N2O5/c1-16-8-19(32(48)49)9-17(2)29(16)20-12-26(31(51-3)46-15-20)24-5-4-21(34(37,38)39)14-25(24)27-6-7-28-30(52-33(50)47(27)28)18-10-22(35(40,41)42)13-23(11-18)36(43,44)45/h4-5,8-15,27-28,30H,6-7H2,1-3H3,(H,48,49)/t27-,28?,30+/m0/s1. The lowest BCUT2D eigenvalue weighted by atomic mass is 9.89. The fourth-order valence-corrected chi connectivity index (χ4v) is 7.13. The molecule has 7 nitrogen and oxygen atoms in total. The van der Waals surface area contributed by atoms with E-state index in [2.05, 4.69) is 4.98 Å². The molecule has 4 aromatic rings. The molecule has 2 aliphatic rings. The molecule has 0 bridgehead atoms. The second-order valence-electron chi connectivity index (χ2n) is 12.6. The monoisotopic (exact) mass is 738 g/mol. The summed E-state index contributed by atoms with van der Waals surface area (Å²) in [6, 6.07) is 5.93. The molecular weight excluding hydrogens is 711 g/mol. The first-order chi connectivity index (χ1) is 24.2. The van der Waals surface area contributed by atoms with Crippen molar-refractivity contribution in [2.75, 3.05) is 7.11 Å². The Morgan fingerprint density at radius 1 is 0.827 bits per heavy atom. The summed E-state index contributed by atoms with van der Waals surface area (Å²) in [7, 11) is 1.28. The molecule has 2 aliphatic heterocycles. The number of cyclic esters (lactones) is 1. The second-order valence-corrected chi connectivity index (χ2v) is 12.6. The van der Waals surface area contributed by atoms with Gasteiger partial charge in [-0.05, 0) is 109 Å². The van der Waals surface area contributed by atoms with Crippen LogP contribution in [-0.4, -0.2) is 40.2 Å². The quantitative estimate of drug-likeness (QED) is 0.198. The minimum atomic E-state index is -5.17. The van der Waals surface area contributed by atoms with Gasteiger partial charge in [0, 0.05) is 17.3 Å².